The molecule has 9 heteroatoms. The summed E-state index contributed by atoms with van der Waals surface area (Å²) >= 11 is 0. The lowest BCUT2D eigenvalue weighted by Crippen LogP contribution is -2.40. The molecule has 0 saturated carbocycles. The van der Waals surface area contributed by atoms with E-state index in [1.807, 2.05) is 42.2 Å². The smallest absolute Gasteiger partial charge is 0.279 e. The Kier molecular flexibility index (Phi) is 6.47. The third-order valence-corrected chi connectivity index (χ3v) is 6.55. The zero-order valence-corrected chi connectivity index (χ0v) is 20.3. The number of rotatable bonds is 7. The number of imide groups is 1. The normalized spacial score (nSPS) is 16.3. The molecule has 5 rings (SSSR count). The first-order valence-electron chi connectivity index (χ1n) is 12.0. The molecule has 0 spiro atoms. The van der Waals surface area contributed by atoms with Gasteiger partial charge in [-0.3, -0.25) is 24.4 Å². The number of amides is 2. The second-order valence-electron chi connectivity index (χ2n) is 8.66. The summed E-state index contributed by atoms with van der Waals surface area (Å²) in [5.74, 6) is -0.183. The number of aryl methyl sites for hydroxylation is 1. The number of hydrogen-bond donors (Lipinski definition) is 1. The van der Waals surface area contributed by atoms with Gasteiger partial charge in [-0.2, -0.15) is 0 Å². The van der Waals surface area contributed by atoms with Crippen LogP contribution in [0.4, 0.5) is 0 Å². The van der Waals surface area contributed by atoms with Crippen LogP contribution in [-0.2, 0) is 27.3 Å². The van der Waals surface area contributed by atoms with Gasteiger partial charge in [-0.25, -0.2) is 4.68 Å². The predicted molar refractivity (Wildman–Crippen MR) is 134 cm³/mol. The summed E-state index contributed by atoms with van der Waals surface area (Å²) in [5.41, 5.74) is 2.33. The van der Waals surface area contributed by atoms with Crippen LogP contribution < -0.4 is 10.3 Å². The van der Waals surface area contributed by atoms with E-state index < -0.39 is 5.91 Å². The first-order valence-corrected chi connectivity index (χ1v) is 12.0. The minimum Gasteiger partial charge on any atom is -0.497 e. The Morgan fingerprint density at radius 1 is 0.944 bits per heavy atom. The SMILES string of the molecule is CCc1[nH]n(-c2ccc(OC)cc2)c(=O)c1C1=C(N2CCOCC2)C(=O)N(Cc2ccccc2)C1=O. The second kappa shape index (κ2) is 9.87. The molecule has 36 heavy (non-hydrogen) atoms. The molecule has 1 fully saturated rings. The van der Waals surface area contributed by atoms with Gasteiger partial charge in [0.25, 0.3) is 17.4 Å². The van der Waals surface area contributed by atoms with Crippen LogP contribution in [-0.4, -0.2) is 64.8 Å². The van der Waals surface area contributed by atoms with Crippen molar-refractivity contribution in [1.29, 1.82) is 0 Å². The van der Waals surface area contributed by atoms with Gasteiger partial charge in [0.1, 0.15) is 11.4 Å². The Labute approximate surface area is 208 Å². The lowest BCUT2D eigenvalue weighted by atomic mass is 10.0. The van der Waals surface area contributed by atoms with Crippen molar-refractivity contribution in [3.63, 3.8) is 0 Å². The maximum absolute atomic E-state index is 13.8. The zero-order chi connectivity index (χ0) is 25.2. The number of methoxy groups -OCH3 is 1. The molecular formula is C27H28N4O5. The second-order valence-corrected chi connectivity index (χ2v) is 8.66. The fourth-order valence-corrected chi connectivity index (χ4v) is 4.69. The number of benzene rings is 2. The molecule has 1 N–H and O–H groups in total. The van der Waals surface area contributed by atoms with Gasteiger partial charge in [0, 0.05) is 18.8 Å². The van der Waals surface area contributed by atoms with Crippen molar-refractivity contribution in [2.75, 3.05) is 33.4 Å². The number of carbonyl (C=O) groups excluding carboxylic acids is 2. The molecule has 3 aromatic rings. The average Bonchev–Trinajstić information content (AvgIpc) is 3.37. The molecular weight excluding hydrogens is 460 g/mol. The van der Waals surface area contributed by atoms with E-state index in [-0.39, 0.29) is 34.8 Å². The topological polar surface area (TPSA) is 96.9 Å². The maximum Gasteiger partial charge on any atom is 0.279 e. The highest BCUT2D eigenvalue weighted by Crippen LogP contribution is 2.33. The van der Waals surface area contributed by atoms with Gasteiger partial charge in [-0.15, -0.1) is 0 Å². The fourth-order valence-electron chi connectivity index (χ4n) is 4.69. The van der Waals surface area contributed by atoms with E-state index in [0.717, 1.165) is 5.56 Å². The lowest BCUT2D eigenvalue weighted by molar-refractivity contribution is -0.138. The number of nitrogens with zero attached hydrogens (tertiary/aromatic N) is 3. The number of aromatic amines is 1. The average molecular weight is 489 g/mol. The highest BCUT2D eigenvalue weighted by molar-refractivity contribution is 6.35. The number of H-pyrrole nitrogens is 1. The molecule has 9 nitrogen and oxygen atoms in total. The molecule has 3 heterocycles. The van der Waals surface area contributed by atoms with Crippen molar-refractivity contribution in [3.05, 3.63) is 87.5 Å². The zero-order valence-electron chi connectivity index (χ0n) is 20.3. The van der Waals surface area contributed by atoms with Crippen LogP contribution in [0.1, 0.15) is 23.7 Å². The quantitative estimate of drug-likeness (QED) is 0.513. The van der Waals surface area contributed by atoms with Crippen molar-refractivity contribution < 1.29 is 19.1 Å². The fraction of sp³-hybridized carbons (Fsp3) is 0.296. The first-order chi connectivity index (χ1) is 17.5. The summed E-state index contributed by atoms with van der Waals surface area (Å²) in [4.78, 5) is 44.4. The van der Waals surface area contributed by atoms with Gasteiger partial charge in [-0.1, -0.05) is 37.3 Å². The molecule has 2 amide bonds. The molecule has 0 bridgehead atoms. The van der Waals surface area contributed by atoms with Gasteiger partial charge in [0.2, 0.25) is 0 Å². The molecule has 1 aromatic heterocycles. The van der Waals surface area contributed by atoms with Crippen molar-refractivity contribution in [3.8, 4) is 11.4 Å². The van der Waals surface area contributed by atoms with Crippen LogP contribution in [0.5, 0.6) is 5.75 Å². The van der Waals surface area contributed by atoms with Crippen LogP contribution in [0.15, 0.2) is 65.1 Å². The minimum absolute atomic E-state index is 0.133. The molecule has 1 saturated heterocycles. The van der Waals surface area contributed by atoms with Crippen LogP contribution >= 0.6 is 0 Å². The van der Waals surface area contributed by atoms with Crippen molar-refractivity contribution >= 4 is 17.4 Å². The van der Waals surface area contributed by atoms with Gasteiger partial charge < -0.3 is 14.4 Å². The van der Waals surface area contributed by atoms with E-state index in [1.54, 1.807) is 31.4 Å². The number of hydrogen-bond acceptors (Lipinski definition) is 6. The van der Waals surface area contributed by atoms with Crippen LogP contribution in [0, 0.1) is 0 Å². The standard InChI is InChI=1S/C27H28N4O5/c1-3-21-22(26(33)31(28-21)19-9-11-20(35-2)12-10-19)23-24(29-13-15-36-16-14-29)27(34)30(25(23)32)17-18-7-5-4-6-8-18/h4-12,28H,3,13-17H2,1-2H3. The van der Waals surface area contributed by atoms with E-state index in [0.29, 0.717) is 49.9 Å². The molecule has 0 radical (unpaired) electrons. The van der Waals surface area contributed by atoms with E-state index in [2.05, 4.69) is 5.10 Å². The Morgan fingerprint density at radius 3 is 2.28 bits per heavy atom. The van der Waals surface area contributed by atoms with Gasteiger partial charge in [0.15, 0.2) is 0 Å². The molecule has 2 aliphatic rings. The molecule has 2 aromatic carbocycles. The number of morpholine rings is 1. The lowest BCUT2D eigenvalue weighted by Gasteiger charge is -2.29. The van der Waals surface area contributed by atoms with E-state index in [9.17, 15) is 14.4 Å². The molecule has 2 aliphatic heterocycles. The van der Waals surface area contributed by atoms with E-state index >= 15 is 0 Å². The van der Waals surface area contributed by atoms with Crippen LogP contribution in [0.3, 0.4) is 0 Å². The number of aromatic nitrogens is 2. The summed E-state index contributed by atoms with van der Waals surface area (Å²) in [6.45, 7) is 3.87. The highest BCUT2D eigenvalue weighted by Gasteiger charge is 2.44. The van der Waals surface area contributed by atoms with Crippen LogP contribution in [0.2, 0.25) is 0 Å². The molecule has 0 aliphatic carbocycles. The van der Waals surface area contributed by atoms with Crippen molar-refractivity contribution in [2.45, 2.75) is 19.9 Å². The predicted octanol–water partition coefficient (Wildman–Crippen LogP) is 2.35. The third-order valence-electron chi connectivity index (χ3n) is 6.55. The Bertz CT molecular complexity index is 1370. The monoisotopic (exact) mass is 488 g/mol. The Morgan fingerprint density at radius 2 is 1.64 bits per heavy atom. The largest absolute Gasteiger partial charge is 0.497 e. The van der Waals surface area contributed by atoms with Crippen LogP contribution in [0.25, 0.3) is 11.3 Å². The highest BCUT2D eigenvalue weighted by atomic mass is 16.5. The first kappa shape index (κ1) is 23.6. The number of nitrogens with one attached hydrogen (secondary N) is 1. The summed E-state index contributed by atoms with van der Waals surface area (Å²) in [6, 6.07) is 16.4. The van der Waals surface area contributed by atoms with Gasteiger partial charge in [-0.05, 0) is 36.2 Å². The summed E-state index contributed by atoms with van der Waals surface area (Å²) in [6.07, 6.45) is 0.480. The molecule has 0 unspecified atom stereocenters. The van der Waals surface area contributed by atoms with Gasteiger partial charge in [0.05, 0.1) is 43.7 Å². The van der Waals surface area contributed by atoms with E-state index in [4.69, 9.17) is 9.47 Å². The summed E-state index contributed by atoms with van der Waals surface area (Å²) in [5, 5.41) is 3.16. The minimum atomic E-state index is -0.460. The molecule has 186 valence electrons. The van der Waals surface area contributed by atoms with Crippen molar-refractivity contribution in [1.82, 2.24) is 19.6 Å². The third kappa shape index (κ3) is 4.11. The summed E-state index contributed by atoms with van der Waals surface area (Å²) < 4.78 is 12.1. The van der Waals surface area contributed by atoms with E-state index in [1.165, 1.54) is 9.58 Å². The Balaban J connectivity index is 1.64. The van der Waals surface area contributed by atoms with Crippen molar-refractivity contribution in [2.24, 2.45) is 0 Å². The van der Waals surface area contributed by atoms with Gasteiger partial charge >= 0.3 is 0 Å². The molecule has 0 atom stereocenters. The summed E-state index contributed by atoms with van der Waals surface area (Å²) in [7, 11) is 1.58. The number of carbonyl (C=O) groups is 2. The number of ether oxygens (including phenoxy) is 2. The maximum atomic E-state index is 13.8. The Hall–Kier alpha value is -4.11.